The van der Waals surface area contributed by atoms with E-state index in [-0.39, 0.29) is 11.5 Å². The molecule has 0 spiro atoms. The van der Waals surface area contributed by atoms with Crippen LogP contribution in [0.5, 0.6) is 0 Å². The van der Waals surface area contributed by atoms with Gasteiger partial charge in [-0.1, -0.05) is 17.7 Å². The SMILES string of the molecule is O=C(O)C1(C(=O)O)CCCC=C1Cl. The van der Waals surface area contributed by atoms with Crippen LogP contribution in [-0.4, -0.2) is 22.2 Å². The zero-order chi connectivity index (χ0) is 10.1. The summed E-state index contributed by atoms with van der Waals surface area (Å²) in [6.45, 7) is 0. The molecule has 1 aliphatic carbocycles. The summed E-state index contributed by atoms with van der Waals surface area (Å²) in [7, 11) is 0. The molecule has 0 aliphatic heterocycles. The second-order valence-corrected chi connectivity index (χ2v) is 3.37. The lowest BCUT2D eigenvalue weighted by Crippen LogP contribution is -2.41. The predicted octanol–water partition coefficient (Wildman–Crippen LogP) is 1.45. The molecule has 5 heteroatoms. The van der Waals surface area contributed by atoms with Crippen LogP contribution in [0.4, 0.5) is 0 Å². The fraction of sp³-hybridized carbons (Fsp3) is 0.500. The van der Waals surface area contributed by atoms with Gasteiger partial charge in [-0.05, 0) is 19.3 Å². The lowest BCUT2D eigenvalue weighted by atomic mass is 9.79. The van der Waals surface area contributed by atoms with Crippen molar-refractivity contribution in [1.29, 1.82) is 0 Å². The van der Waals surface area contributed by atoms with Crippen molar-refractivity contribution in [3.63, 3.8) is 0 Å². The summed E-state index contributed by atoms with van der Waals surface area (Å²) in [5, 5.41) is 17.6. The van der Waals surface area contributed by atoms with Crippen LogP contribution >= 0.6 is 11.6 Å². The van der Waals surface area contributed by atoms with Crippen molar-refractivity contribution < 1.29 is 19.8 Å². The molecule has 72 valence electrons. The Kier molecular flexibility index (Phi) is 2.61. The summed E-state index contributed by atoms with van der Waals surface area (Å²) < 4.78 is 0. The summed E-state index contributed by atoms with van der Waals surface area (Å²) in [5.41, 5.74) is -1.90. The number of aliphatic carboxylic acids is 2. The highest BCUT2D eigenvalue weighted by atomic mass is 35.5. The van der Waals surface area contributed by atoms with Gasteiger partial charge in [-0.2, -0.15) is 0 Å². The number of hydrogen-bond acceptors (Lipinski definition) is 2. The maximum Gasteiger partial charge on any atom is 0.326 e. The van der Waals surface area contributed by atoms with Crippen LogP contribution in [0.15, 0.2) is 11.1 Å². The third-order valence-corrected chi connectivity index (χ3v) is 2.69. The van der Waals surface area contributed by atoms with E-state index in [1.807, 2.05) is 0 Å². The molecule has 13 heavy (non-hydrogen) atoms. The van der Waals surface area contributed by atoms with Crippen molar-refractivity contribution in [3.05, 3.63) is 11.1 Å². The Balaban J connectivity index is 3.17. The Morgan fingerprint density at radius 2 is 1.92 bits per heavy atom. The largest absolute Gasteiger partial charge is 0.480 e. The summed E-state index contributed by atoms with van der Waals surface area (Å²) in [5.74, 6) is -2.78. The summed E-state index contributed by atoms with van der Waals surface area (Å²) in [6.07, 6.45) is 2.70. The lowest BCUT2D eigenvalue weighted by molar-refractivity contribution is -0.161. The van der Waals surface area contributed by atoms with Gasteiger partial charge in [0.1, 0.15) is 0 Å². The van der Waals surface area contributed by atoms with Crippen molar-refractivity contribution in [2.24, 2.45) is 5.41 Å². The van der Waals surface area contributed by atoms with Crippen LogP contribution in [0, 0.1) is 5.41 Å². The first-order valence-electron chi connectivity index (χ1n) is 3.84. The van der Waals surface area contributed by atoms with Gasteiger partial charge in [0, 0.05) is 5.03 Å². The standard InChI is InChI=1S/C8H9ClO4/c9-5-3-1-2-4-8(5,6(10)11)7(12)13/h3H,1-2,4H2,(H,10,11)(H,12,13). The first kappa shape index (κ1) is 10.1. The number of carboxylic acid groups (broad SMARTS) is 2. The Bertz CT molecular complexity index is 268. The Morgan fingerprint density at radius 1 is 1.38 bits per heavy atom. The summed E-state index contributed by atoms with van der Waals surface area (Å²) >= 11 is 5.63. The van der Waals surface area contributed by atoms with Crippen molar-refractivity contribution in [3.8, 4) is 0 Å². The van der Waals surface area contributed by atoms with Crippen molar-refractivity contribution in [1.82, 2.24) is 0 Å². The summed E-state index contributed by atoms with van der Waals surface area (Å²) in [6, 6.07) is 0. The third kappa shape index (κ3) is 1.42. The van der Waals surface area contributed by atoms with Crippen LogP contribution in [0.2, 0.25) is 0 Å². The van der Waals surface area contributed by atoms with Gasteiger partial charge in [0.15, 0.2) is 5.41 Å². The second-order valence-electron chi connectivity index (χ2n) is 2.96. The molecular weight excluding hydrogens is 196 g/mol. The van der Waals surface area contributed by atoms with E-state index in [1.165, 1.54) is 6.08 Å². The molecule has 0 aromatic carbocycles. The molecule has 1 rings (SSSR count). The van der Waals surface area contributed by atoms with Crippen LogP contribution in [0.1, 0.15) is 19.3 Å². The molecule has 0 atom stereocenters. The molecule has 0 fully saturated rings. The van der Waals surface area contributed by atoms with Gasteiger partial charge >= 0.3 is 11.9 Å². The molecule has 0 unspecified atom stereocenters. The maximum atomic E-state index is 10.8. The number of carboxylic acids is 2. The minimum atomic E-state index is -1.90. The van der Waals surface area contributed by atoms with Crippen LogP contribution in [0.25, 0.3) is 0 Å². The zero-order valence-electron chi connectivity index (χ0n) is 6.79. The average Bonchev–Trinajstić information content (AvgIpc) is 2.04. The molecule has 0 radical (unpaired) electrons. The monoisotopic (exact) mass is 204 g/mol. The normalized spacial score (nSPS) is 20.5. The van der Waals surface area contributed by atoms with Gasteiger partial charge in [-0.15, -0.1) is 0 Å². The van der Waals surface area contributed by atoms with E-state index in [4.69, 9.17) is 21.8 Å². The molecule has 0 aromatic heterocycles. The third-order valence-electron chi connectivity index (χ3n) is 2.22. The van der Waals surface area contributed by atoms with Crippen LogP contribution in [-0.2, 0) is 9.59 Å². The van der Waals surface area contributed by atoms with Crippen molar-refractivity contribution >= 4 is 23.5 Å². The highest BCUT2D eigenvalue weighted by Gasteiger charge is 2.50. The van der Waals surface area contributed by atoms with E-state index >= 15 is 0 Å². The van der Waals surface area contributed by atoms with Gasteiger partial charge in [0.25, 0.3) is 0 Å². The maximum absolute atomic E-state index is 10.8. The van der Waals surface area contributed by atoms with Gasteiger partial charge in [-0.3, -0.25) is 9.59 Å². The van der Waals surface area contributed by atoms with Gasteiger partial charge < -0.3 is 10.2 Å². The second kappa shape index (κ2) is 3.38. The molecule has 0 bridgehead atoms. The zero-order valence-corrected chi connectivity index (χ0v) is 7.54. The molecule has 0 amide bonds. The first-order valence-corrected chi connectivity index (χ1v) is 4.22. The lowest BCUT2D eigenvalue weighted by Gasteiger charge is -2.27. The smallest absolute Gasteiger partial charge is 0.326 e. The van der Waals surface area contributed by atoms with E-state index in [0.29, 0.717) is 12.8 Å². The van der Waals surface area contributed by atoms with Gasteiger partial charge in [0.05, 0.1) is 0 Å². The molecule has 0 aromatic rings. The highest BCUT2D eigenvalue weighted by Crippen LogP contribution is 2.40. The molecule has 4 nitrogen and oxygen atoms in total. The fourth-order valence-electron chi connectivity index (χ4n) is 1.40. The number of hydrogen-bond donors (Lipinski definition) is 2. The van der Waals surface area contributed by atoms with Gasteiger partial charge in [-0.25, -0.2) is 0 Å². The first-order chi connectivity index (χ1) is 6.01. The molecule has 2 N–H and O–H groups in total. The predicted molar refractivity (Wildman–Crippen MR) is 45.5 cm³/mol. The summed E-state index contributed by atoms with van der Waals surface area (Å²) in [4.78, 5) is 21.6. The van der Waals surface area contributed by atoms with E-state index in [0.717, 1.165) is 0 Å². The number of allylic oxidation sites excluding steroid dienone is 1. The topological polar surface area (TPSA) is 74.6 Å². The minimum Gasteiger partial charge on any atom is -0.480 e. The fourth-order valence-corrected chi connectivity index (χ4v) is 1.76. The average molecular weight is 205 g/mol. The highest BCUT2D eigenvalue weighted by molar-refractivity contribution is 6.34. The minimum absolute atomic E-state index is 0.0625. The molecule has 0 heterocycles. The number of halogens is 1. The Labute approximate surface area is 79.8 Å². The molecule has 0 saturated carbocycles. The van der Waals surface area contributed by atoms with E-state index in [9.17, 15) is 9.59 Å². The quantitative estimate of drug-likeness (QED) is 0.668. The van der Waals surface area contributed by atoms with Gasteiger partial charge in [0.2, 0.25) is 0 Å². The van der Waals surface area contributed by atoms with E-state index in [2.05, 4.69) is 0 Å². The molecule has 0 saturated heterocycles. The van der Waals surface area contributed by atoms with Crippen LogP contribution in [0.3, 0.4) is 0 Å². The van der Waals surface area contributed by atoms with E-state index < -0.39 is 17.4 Å². The Morgan fingerprint density at radius 3 is 2.23 bits per heavy atom. The van der Waals surface area contributed by atoms with Crippen molar-refractivity contribution in [2.45, 2.75) is 19.3 Å². The molecule has 1 aliphatic rings. The number of carbonyl (C=O) groups is 2. The molecular formula is C8H9ClO4. The Hall–Kier alpha value is -1.03. The van der Waals surface area contributed by atoms with Crippen LogP contribution < -0.4 is 0 Å². The van der Waals surface area contributed by atoms with Crippen molar-refractivity contribution in [2.75, 3.05) is 0 Å². The van der Waals surface area contributed by atoms with E-state index in [1.54, 1.807) is 0 Å². The number of rotatable bonds is 2.